The van der Waals surface area contributed by atoms with Crippen LogP contribution in [-0.4, -0.2) is 18.1 Å². The van der Waals surface area contributed by atoms with Gasteiger partial charge in [-0.3, -0.25) is 0 Å². The molecule has 0 aromatic carbocycles. The molecule has 4 heteroatoms. The first kappa shape index (κ1) is 14.9. The minimum absolute atomic E-state index is 0.331. The van der Waals surface area contributed by atoms with E-state index in [-0.39, 0.29) is 0 Å². The van der Waals surface area contributed by atoms with Crippen LogP contribution in [0.4, 0.5) is 0 Å². The van der Waals surface area contributed by atoms with Crippen LogP contribution in [0.3, 0.4) is 0 Å². The summed E-state index contributed by atoms with van der Waals surface area (Å²) in [6.07, 6.45) is 8.29. The molecule has 108 valence electrons. The summed E-state index contributed by atoms with van der Waals surface area (Å²) in [6.45, 7) is 7.27. The molecule has 1 saturated carbocycles. The Hall–Kier alpha value is -0.450. The van der Waals surface area contributed by atoms with Crippen molar-refractivity contribution in [2.24, 2.45) is 17.1 Å². The molecule has 1 aliphatic carbocycles. The van der Waals surface area contributed by atoms with Gasteiger partial charge in [-0.2, -0.15) is 0 Å². The second-order valence-electron chi connectivity index (χ2n) is 6.06. The van der Waals surface area contributed by atoms with E-state index >= 15 is 0 Å². The third-order valence-corrected chi connectivity index (χ3v) is 5.64. The Morgan fingerprint density at radius 1 is 1.47 bits per heavy atom. The Bertz CT molecular complexity index is 380. The molecule has 0 unspecified atom stereocenters. The first-order valence-corrected chi connectivity index (χ1v) is 8.33. The molecule has 0 aliphatic heterocycles. The van der Waals surface area contributed by atoms with E-state index in [1.54, 1.807) is 0 Å². The van der Waals surface area contributed by atoms with Gasteiger partial charge in [-0.1, -0.05) is 26.7 Å². The zero-order chi connectivity index (χ0) is 13.7. The van der Waals surface area contributed by atoms with Gasteiger partial charge in [-0.05, 0) is 37.1 Å². The maximum absolute atomic E-state index is 6.04. The lowest BCUT2D eigenvalue weighted by Gasteiger charge is -2.38. The van der Waals surface area contributed by atoms with Gasteiger partial charge in [0, 0.05) is 24.2 Å². The lowest BCUT2D eigenvalue weighted by molar-refractivity contribution is 0.159. The van der Waals surface area contributed by atoms with E-state index in [0.717, 1.165) is 32.0 Å². The van der Waals surface area contributed by atoms with Gasteiger partial charge in [-0.25, -0.2) is 4.98 Å². The Morgan fingerprint density at radius 2 is 2.21 bits per heavy atom. The summed E-state index contributed by atoms with van der Waals surface area (Å²) < 4.78 is 0. The fourth-order valence-electron chi connectivity index (χ4n) is 2.86. The molecule has 1 aromatic heterocycles. The molecule has 0 spiro atoms. The molecule has 1 heterocycles. The van der Waals surface area contributed by atoms with Gasteiger partial charge in [0.05, 0.1) is 0 Å². The number of aryl methyl sites for hydroxylation is 1. The molecule has 0 radical (unpaired) electrons. The zero-order valence-electron chi connectivity index (χ0n) is 12.2. The largest absolute Gasteiger partial charge is 0.330 e. The standard InChI is InChI=1S/C15H27N3S/c1-3-13-8-18-14(19-13)9-17-11-15(10-16)6-4-12(2)5-7-15/h8,12,17H,3-7,9-11,16H2,1-2H3. The molecular formula is C15H27N3S. The molecule has 3 nitrogen and oxygen atoms in total. The van der Waals surface area contributed by atoms with Crippen LogP contribution < -0.4 is 11.1 Å². The van der Waals surface area contributed by atoms with Gasteiger partial charge in [0.2, 0.25) is 0 Å². The van der Waals surface area contributed by atoms with E-state index < -0.39 is 0 Å². The summed E-state index contributed by atoms with van der Waals surface area (Å²) in [7, 11) is 0. The molecule has 1 aromatic rings. The Morgan fingerprint density at radius 3 is 2.79 bits per heavy atom. The third kappa shape index (κ3) is 4.01. The molecule has 1 fully saturated rings. The second kappa shape index (κ2) is 6.82. The van der Waals surface area contributed by atoms with Gasteiger partial charge in [0.1, 0.15) is 5.01 Å². The number of nitrogens with zero attached hydrogens (tertiary/aromatic N) is 1. The van der Waals surface area contributed by atoms with Crippen LogP contribution in [0.5, 0.6) is 0 Å². The lowest BCUT2D eigenvalue weighted by Crippen LogP contribution is -2.42. The van der Waals surface area contributed by atoms with E-state index in [9.17, 15) is 0 Å². The average molecular weight is 281 g/mol. The summed E-state index contributed by atoms with van der Waals surface area (Å²) >= 11 is 1.82. The number of nitrogens with two attached hydrogens (primary N) is 1. The Balaban J connectivity index is 1.80. The zero-order valence-corrected chi connectivity index (χ0v) is 13.1. The number of nitrogens with one attached hydrogen (secondary N) is 1. The van der Waals surface area contributed by atoms with Crippen molar-refractivity contribution in [3.63, 3.8) is 0 Å². The minimum Gasteiger partial charge on any atom is -0.330 e. The fourth-order valence-corrected chi connectivity index (χ4v) is 3.69. The molecule has 0 atom stereocenters. The number of thiazole rings is 1. The van der Waals surface area contributed by atoms with Crippen molar-refractivity contribution in [1.29, 1.82) is 0 Å². The van der Waals surface area contributed by atoms with E-state index in [4.69, 9.17) is 5.73 Å². The summed E-state index contributed by atoms with van der Waals surface area (Å²) in [5.74, 6) is 0.880. The van der Waals surface area contributed by atoms with Gasteiger partial charge in [0.15, 0.2) is 0 Å². The van der Waals surface area contributed by atoms with Gasteiger partial charge < -0.3 is 11.1 Å². The highest BCUT2D eigenvalue weighted by Gasteiger charge is 2.32. The molecule has 0 bridgehead atoms. The van der Waals surface area contributed by atoms with Crippen molar-refractivity contribution in [2.75, 3.05) is 13.1 Å². The van der Waals surface area contributed by atoms with Crippen molar-refractivity contribution in [2.45, 2.75) is 52.5 Å². The maximum Gasteiger partial charge on any atom is 0.107 e. The van der Waals surface area contributed by atoms with Crippen LogP contribution in [0.25, 0.3) is 0 Å². The molecule has 2 rings (SSSR count). The average Bonchev–Trinajstić information content (AvgIpc) is 2.89. The van der Waals surface area contributed by atoms with Crippen LogP contribution in [-0.2, 0) is 13.0 Å². The molecular weight excluding hydrogens is 254 g/mol. The molecule has 0 amide bonds. The van der Waals surface area contributed by atoms with Gasteiger partial charge >= 0.3 is 0 Å². The van der Waals surface area contributed by atoms with Crippen LogP contribution in [0.1, 0.15) is 49.4 Å². The smallest absolute Gasteiger partial charge is 0.107 e. The van der Waals surface area contributed by atoms with Gasteiger partial charge in [-0.15, -0.1) is 11.3 Å². The maximum atomic E-state index is 6.04. The first-order valence-electron chi connectivity index (χ1n) is 7.52. The third-order valence-electron chi connectivity index (χ3n) is 4.49. The second-order valence-corrected chi connectivity index (χ2v) is 7.26. The highest BCUT2D eigenvalue weighted by molar-refractivity contribution is 7.11. The molecule has 3 N–H and O–H groups in total. The van der Waals surface area contributed by atoms with Crippen LogP contribution in [0.15, 0.2) is 6.20 Å². The Kier molecular flexibility index (Phi) is 5.37. The minimum atomic E-state index is 0.331. The number of hydrogen-bond donors (Lipinski definition) is 2. The predicted octanol–water partition coefficient (Wildman–Crippen LogP) is 2.95. The first-order chi connectivity index (χ1) is 9.17. The molecule has 19 heavy (non-hydrogen) atoms. The highest BCUT2D eigenvalue weighted by Crippen LogP contribution is 2.37. The predicted molar refractivity (Wildman–Crippen MR) is 82.3 cm³/mol. The topological polar surface area (TPSA) is 50.9 Å². The lowest BCUT2D eigenvalue weighted by atomic mass is 9.71. The number of rotatable bonds is 6. The van der Waals surface area contributed by atoms with E-state index in [1.807, 2.05) is 17.5 Å². The summed E-state index contributed by atoms with van der Waals surface area (Å²) in [6, 6.07) is 0. The van der Waals surface area contributed by atoms with Crippen molar-refractivity contribution in [3.8, 4) is 0 Å². The number of aromatic nitrogens is 1. The fraction of sp³-hybridized carbons (Fsp3) is 0.800. The molecule has 1 aliphatic rings. The van der Waals surface area contributed by atoms with E-state index in [1.165, 1.54) is 35.6 Å². The quantitative estimate of drug-likeness (QED) is 0.843. The van der Waals surface area contributed by atoms with E-state index in [2.05, 4.69) is 24.1 Å². The number of hydrogen-bond acceptors (Lipinski definition) is 4. The van der Waals surface area contributed by atoms with Crippen LogP contribution in [0.2, 0.25) is 0 Å². The van der Waals surface area contributed by atoms with Crippen molar-refractivity contribution in [1.82, 2.24) is 10.3 Å². The summed E-state index contributed by atoms with van der Waals surface area (Å²) in [4.78, 5) is 5.83. The summed E-state index contributed by atoms with van der Waals surface area (Å²) in [5, 5.41) is 4.79. The van der Waals surface area contributed by atoms with Gasteiger partial charge in [0.25, 0.3) is 0 Å². The Labute approximate surface area is 121 Å². The molecule has 0 saturated heterocycles. The van der Waals surface area contributed by atoms with Crippen LogP contribution >= 0.6 is 11.3 Å². The summed E-state index contributed by atoms with van der Waals surface area (Å²) in [5.41, 5.74) is 6.37. The normalized spacial score (nSPS) is 27.6. The van der Waals surface area contributed by atoms with Crippen molar-refractivity contribution >= 4 is 11.3 Å². The SMILES string of the molecule is CCc1cnc(CNCC2(CN)CCC(C)CC2)s1. The highest BCUT2D eigenvalue weighted by atomic mass is 32.1. The van der Waals surface area contributed by atoms with E-state index in [0.29, 0.717) is 5.41 Å². The van der Waals surface area contributed by atoms with Crippen molar-refractivity contribution < 1.29 is 0 Å². The monoisotopic (exact) mass is 281 g/mol. The van der Waals surface area contributed by atoms with Crippen LogP contribution in [0, 0.1) is 11.3 Å². The van der Waals surface area contributed by atoms with Crippen molar-refractivity contribution in [3.05, 3.63) is 16.1 Å².